The summed E-state index contributed by atoms with van der Waals surface area (Å²) in [5.41, 5.74) is 0. The van der Waals surface area contributed by atoms with E-state index in [9.17, 15) is 0 Å². The summed E-state index contributed by atoms with van der Waals surface area (Å²) in [4.78, 5) is 9.10. The van der Waals surface area contributed by atoms with Crippen LogP contribution in [-0.4, -0.2) is 34.7 Å². The second-order valence-corrected chi connectivity index (χ2v) is 3.52. The van der Waals surface area contributed by atoms with Gasteiger partial charge in [-0.3, -0.25) is 0 Å². The van der Waals surface area contributed by atoms with E-state index >= 15 is 0 Å². The van der Waals surface area contributed by atoms with E-state index in [1.165, 1.54) is 14.2 Å². The lowest BCUT2D eigenvalue weighted by Gasteiger charge is -2.16. The molecule has 0 saturated carbocycles. The Kier molecular flexibility index (Phi) is 3.99. The summed E-state index contributed by atoms with van der Waals surface area (Å²) in [5.74, 6) is 0. The summed E-state index contributed by atoms with van der Waals surface area (Å²) in [6.45, 7) is 2.15. The van der Waals surface area contributed by atoms with Crippen molar-refractivity contribution in [2.24, 2.45) is 0 Å². The predicted molar refractivity (Wildman–Crippen MR) is 33.6 cm³/mol. The van der Waals surface area contributed by atoms with Gasteiger partial charge < -0.3 is 18.1 Å². The van der Waals surface area contributed by atoms with Gasteiger partial charge >= 0.3 is 9.05 Å². The second-order valence-electron chi connectivity index (χ2n) is 1.37. The Morgan fingerprint density at radius 2 is 1.78 bits per heavy atom. The quantitative estimate of drug-likeness (QED) is 0.564. The van der Waals surface area contributed by atoms with Crippen LogP contribution in [-0.2, 0) is 13.3 Å². The van der Waals surface area contributed by atoms with Crippen LogP contribution in [0.25, 0.3) is 0 Å². The molecule has 0 aromatic heterocycles. The third-order valence-corrected chi connectivity index (χ3v) is 2.53. The van der Waals surface area contributed by atoms with E-state index < -0.39 is 9.05 Å². The van der Waals surface area contributed by atoms with E-state index in [0.717, 1.165) is 0 Å². The molecule has 0 radical (unpaired) electrons. The summed E-state index contributed by atoms with van der Waals surface area (Å²) in [6, 6.07) is 0. The van der Waals surface area contributed by atoms with Crippen LogP contribution in [0, 0.1) is 0 Å². The first-order chi connectivity index (χ1) is 4.18. The maximum absolute atomic E-state index is 9.10. The molecular weight excluding hydrogens is 140 g/mol. The van der Waals surface area contributed by atoms with Crippen LogP contribution in [0.2, 0.25) is 0 Å². The van der Waals surface area contributed by atoms with Gasteiger partial charge in [0.15, 0.2) is 0 Å². The van der Waals surface area contributed by atoms with Crippen molar-refractivity contribution in [3.8, 4) is 0 Å². The molecule has 0 atom stereocenters. The third-order valence-electron chi connectivity index (χ3n) is 0.843. The lowest BCUT2D eigenvalue weighted by molar-refractivity contribution is 0.0272. The van der Waals surface area contributed by atoms with E-state index in [1.807, 2.05) is 0 Å². The van der Waals surface area contributed by atoms with Crippen molar-refractivity contribution >= 4 is 9.05 Å². The van der Waals surface area contributed by atoms with Gasteiger partial charge in [0.05, 0.1) is 0 Å². The Bertz CT molecular complexity index is 73.0. The fourth-order valence-electron chi connectivity index (χ4n) is 0.384. The maximum Gasteiger partial charge on any atom is 0.676 e. The molecule has 0 unspecified atom stereocenters. The molecule has 0 spiro atoms. The van der Waals surface area contributed by atoms with Crippen molar-refractivity contribution in [2.75, 3.05) is 20.8 Å². The molecule has 0 aromatic rings. The summed E-state index contributed by atoms with van der Waals surface area (Å²) < 4.78 is 13.9. The van der Waals surface area contributed by atoms with Gasteiger partial charge in [-0.2, -0.15) is 0 Å². The molecule has 1 N–H and O–H groups in total. The Hall–Kier alpha value is 0.0569. The minimum Gasteiger partial charge on any atom is -0.367 e. The first kappa shape index (κ1) is 9.06. The molecule has 9 heavy (non-hydrogen) atoms. The molecule has 5 heteroatoms. The van der Waals surface area contributed by atoms with Crippen molar-refractivity contribution in [3.05, 3.63) is 0 Å². The number of rotatable bonds is 4. The van der Waals surface area contributed by atoms with E-state index in [0.29, 0.717) is 6.61 Å². The fraction of sp³-hybridized carbons (Fsp3) is 1.00. The van der Waals surface area contributed by atoms with Gasteiger partial charge in [-0.1, -0.05) is 0 Å². The number of hydrogen-bond donors (Lipinski definition) is 1. The largest absolute Gasteiger partial charge is 0.676 e. The zero-order valence-corrected chi connectivity index (χ0v) is 6.88. The molecule has 0 rings (SSSR count). The third kappa shape index (κ3) is 2.92. The van der Waals surface area contributed by atoms with Crippen molar-refractivity contribution in [2.45, 2.75) is 6.92 Å². The lowest BCUT2D eigenvalue weighted by atomic mass is 10.9. The Morgan fingerprint density at radius 1 is 1.33 bits per heavy atom. The highest BCUT2D eigenvalue weighted by Crippen LogP contribution is 2.00. The molecule has 4 nitrogen and oxygen atoms in total. The maximum atomic E-state index is 9.10. The van der Waals surface area contributed by atoms with Crippen molar-refractivity contribution in [3.63, 3.8) is 0 Å². The van der Waals surface area contributed by atoms with Gasteiger partial charge in [-0.25, -0.2) is 0 Å². The molecule has 0 aliphatic rings. The molecule has 0 amide bonds. The van der Waals surface area contributed by atoms with Gasteiger partial charge in [0.2, 0.25) is 0 Å². The van der Waals surface area contributed by atoms with Gasteiger partial charge in [0, 0.05) is 20.8 Å². The van der Waals surface area contributed by atoms with Crippen LogP contribution >= 0.6 is 0 Å². The SMILES string of the molecule is CCO[Si](O)(OC)OC. The minimum atomic E-state index is -3.20. The van der Waals surface area contributed by atoms with Crippen LogP contribution < -0.4 is 0 Å². The van der Waals surface area contributed by atoms with Crippen molar-refractivity contribution in [1.29, 1.82) is 0 Å². The van der Waals surface area contributed by atoms with Crippen molar-refractivity contribution in [1.82, 2.24) is 0 Å². The normalized spacial score (nSPS) is 12.0. The van der Waals surface area contributed by atoms with Gasteiger partial charge in [0.25, 0.3) is 0 Å². The lowest BCUT2D eigenvalue weighted by Crippen LogP contribution is -2.43. The van der Waals surface area contributed by atoms with Gasteiger partial charge in [-0.15, -0.1) is 0 Å². The van der Waals surface area contributed by atoms with E-state index in [2.05, 4.69) is 8.85 Å². The first-order valence-electron chi connectivity index (χ1n) is 2.65. The minimum absolute atomic E-state index is 0.393. The molecule has 56 valence electrons. The molecule has 0 saturated heterocycles. The highest BCUT2D eigenvalue weighted by molar-refractivity contribution is 6.51. The van der Waals surface area contributed by atoms with Crippen LogP contribution in [0.5, 0.6) is 0 Å². The molecule has 0 aliphatic heterocycles. The Morgan fingerprint density at radius 3 is 1.89 bits per heavy atom. The fourth-order valence-corrected chi connectivity index (χ4v) is 1.15. The molecular formula is C4H12O4Si. The highest BCUT2D eigenvalue weighted by atomic mass is 28.4. The first-order valence-corrected chi connectivity index (χ1v) is 4.32. The average molecular weight is 152 g/mol. The van der Waals surface area contributed by atoms with Gasteiger partial charge in [0.1, 0.15) is 0 Å². The summed E-state index contributed by atoms with van der Waals surface area (Å²) >= 11 is 0. The summed E-state index contributed by atoms with van der Waals surface area (Å²) in [5, 5.41) is 0. The topological polar surface area (TPSA) is 47.9 Å². The molecule has 0 heterocycles. The predicted octanol–water partition coefficient (Wildman–Crippen LogP) is -0.256. The molecule has 0 aliphatic carbocycles. The zero-order chi connectivity index (χ0) is 7.33. The van der Waals surface area contributed by atoms with Crippen molar-refractivity contribution < 1.29 is 18.1 Å². The van der Waals surface area contributed by atoms with E-state index in [4.69, 9.17) is 9.22 Å². The smallest absolute Gasteiger partial charge is 0.367 e. The van der Waals surface area contributed by atoms with Crippen LogP contribution in [0.15, 0.2) is 0 Å². The second kappa shape index (κ2) is 3.97. The highest BCUT2D eigenvalue weighted by Gasteiger charge is 2.37. The molecule has 0 bridgehead atoms. The van der Waals surface area contributed by atoms with Crippen LogP contribution in [0.3, 0.4) is 0 Å². The summed E-state index contributed by atoms with van der Waals surface area (Å²) in [7, 11) is -0.492. The van der Waals surface area contributed by atoms with Crippen LogP contribution in [0.1, 0.15) is 6.92 Å². The average Bonchev–Trinajstić information content (AvgIpc) is 1.89. The monoisotopic (exact) mass is 152 g/mol. The standard InChI is InChI=1S/C4H12O4Si/c1-4-8-9(5,6-2)7-3/h5H,4H2,1-3H3. The zero-order valence-electron chi connectivity index (χ0n) is 5.88. The molecule has 0 aromatic carbocycles. The van der Waals surface area contributed by atoms with Gasteiger partial charge in [-0.05, 0) is 6.92 Å². The summed E-state index contributed by atoms with van der Waals surface area (Å²) in [6.07, 6.45) is 0. The Labute approximate surface area is 55.8 Å². The molecule has 0 fully saturated rings. The number of hydrogen-bond acceptors (Lipinski definition) is 4. The van der Waals surface area contributed by atoms with E-state index in [1.54, 1.807) is 6.92 Å². The van der Waals surface area contributed by atoms with Crippen LogP contribution in [0.4, 0.5) is 0 Å². The Balaban J connectivity index is 3.62. The van der Waals surface area contributed by atoms with E-state index in [-0.39, 0.29) is 0 Å².